The normalized spacial score (nSPS) is 10.0. The zero-order valence-electron chi connectivity index (χ0n) is 11.9. The molecule has 0 aromatic heterocycles. The van der Waals surface area contributed by atoms with E-state index in [0.29, 0.717) is 5.69 Å². The van der Waals surface area contributed by atoms with Gasteiger partial charge in [-0.25, -0.2) is 9.18 Å². The molecule has 5 nitrogen and oxygen atoms in total. The number of allylic oxidation sites excluding steroid dienone is 1. The Labute approximate surface area is 122 Å². The van der Waals surface area contributed by atoms with Gasteiger partial charge in [0.15, 0.2) is 0 Å². The first-order valence-corrected chi connectivity index (χ1v) is 6.06. The summed E-state index contributed by atoms with van der Waals surface area (Å²) in [5.41, 5.74) is -0.737. The first kappa shape index (κ1) is 16.2. The van der Waals surface area contributed by atoms with Crippen LogP contribution in [0.2, 0.25) is 0 Å². The highest BCUT2D eigenvalue weighted by molar-refractivity contribution is 5.91. The monoisotopic (exact) mass is 287 g/mol. The van der Waals surface area contributed by atoms with E-state index in [-0.39, 0.29) is 11.1 Å². The van der Waals surface area contributed by atoms with E-state index in [9.17, 15) is 9.18 Å². The summed E-state index contributed by atoms with van der Waals surface area (Å²) < 4.78 is 18.8. The lowest BCUT2D eigenvalue weighted by Gasteiger charge is -2.19. The number of carbonyl (C=O) groups is 1. The van der Waals surface area contributed by atoms with Gasteiger partial charge in [0, 0.05) is 11.9 Å². The zero-order valence-corrected chi connectivity index (χ0v) is 11.9. The molecule has 0 fully saturated rings. The van der Waals surface area contributed by atoms with Crippen LogP contribution in [0.15, 0.2) is 30.0 Å². The van der Waals surface area contributed by atoms with Crippen molar-refractivity contribution in [1.29, 1.82) is 10.5 Å². The van der Waals surface area contributed by atoms with Crippen LogP contribution < -0.4 is 5.32 Å². The Morgan fingerprint density at radius 2 is 1.95 bits per heavy atom. The summed E-state index contributed by atoms with van der Waals surface area (Å²) in [5.74, 6) is -1.49. The number of halogens is 1. The molecule has 0 aliphatic carbocycles. The van der Waals surface area contributed by atoms with Crippen molar-refractivity contribution in [3.05, 3.63) is 41.4 Å². The van der Waals surface area contributed by atoms with Crippen LogP contribution in [0, 0.1) is 28.5 Å². The fourth-order valence-corrected chi connectivity index (χ4v) is 1.35. The zero-order chi connectivity index (χ0) is 16.0. The topological polar surface area (TPSA) is 85.9 Å². The third kappa shape index (κ3) is 4.96. The standard InChI is InChI=1S/C15H14FN3O2/c1-15(2,3)21-14(20)12-6-11(4-5-13(12)16)19-9-10(7-17)8-18/h4-6,9,19H,1-3H3. The number of benzene rings is 1. The van der Waals surface area contributed by atoms with Gasteiger partial charge < -0.3 is 10.1 Å². The second-order valence-electron chi connectivity index (χ2n) is 5.12. The van der Waals surface area contributed by atoms with Gasteiger partial charge in [0.1, 0.15) is 29.1 Å². The van der Waals surface area contributed by atoms with Crippen LogP contribution in [-0.2, 0) is 4.74 Å². The molecular weight excluding hydrogens is 273 g/mol. The van der Waals surface area contributed by atoms with Gasteiger partial charge >= 0.3 is 5.97 Å². The van der Waals surface area contributed by atoms with Crippen molar-refractivity contribution < 1.29 is 13.9 Å². The number of rotatable bonds is 3. The smallest absolute Gasteiger partial charge is 0.341 e. The highest BCUT2D eigenvalue weighted by atomic mass is 19.1. The summed E-state index contributed by atoms with van der Waals surface area (Å²) in [6.45, 7) is 5.04. The van der Waals surface area contributed by atoms with Crippen LogP contribution in [0.5, 0.6) is 0 Å². The van der Waals surface area contributed by atoms with Crippen molar-refractivity contribution >= 4 is 11.7 Å². The van der Waals surface area contributed by atoms with Gasteiger partial charge in [-0.3, -0.25) is 0 Å². The SMILES string of the molecule is CC(C)(C)OC(=O)c1cc(NC=C(C#N)C#N)ccc1F. The molecule has 1 rings (SSSR count). The summed E-state index contributed by atoms with van der Waals surface area (Å²) in [5, 5.41) is 19.9. The summed E-state index contributed by atoms with van der Waals surface area (Å²) in [4.78, 5) is 11.9. The Hall–Kier alpha value is -2.86. The van der Waals surface area contributed by atoms with Gasteiger partial charge in [-0.2, -0.15) is 10.5 Å². The maximum absolute atomic E-state index is 13.7. The van der Waals surface area contributed by atoms with Crippen molar-refractivity contribution in [2.45, 2.75) is 26.4 Å². The van der Waals surface area contributed by atoms with Crippen LogP contribution in [0.3, 0.4) is 0 Å². The van der Waals surface area contributed by atoms with Crippen molar-refractivity contribution in [3.63, 3.8) is 0 Å². The second kappa shape index (κ2) is 6.53. The van der Waals surface area contributed by atoms with E-state index in [1.165, 1.54) is 18.3 Å². The molecule has 0 bridgehead atoms. The quantitative estimate of drug-likeness (QED) is 0.681. The lowest BCUT2D eigenvalue weighted by atomic mass is 10.1. The van der Waals surface area contributed by atoms with E-state index in [0.717, 1.165) is 6.07 Å². The Morgan fingerprint density at radius 1 is 1.33 bits per heavy atom. The molecule has 0 aliphatic heterocycles. The largest absolute Gasteiger partial charge is 0.456 e. The Kier molecular flexibility index (Phi) is 5.04. The van der Waals surface area contributed by atoms with Crippen LogP contribution in [0.1, 0.15) is 31.1 Å². The molecule has 0 unspecified atom stereocenters. The average molecular weight is 287 g/mol. The predicted octanol–water partition coefficient (Wildman–Crippen LogP) is 3.12. The first-order chi connectivity index (χ1) is 9.76. The highest BCUT2D eigenvalue weighted by Crippen LogP contribution is 2.19. The second-order valence-corrected chi connectivity index (χ2v) is 5.12. The minimum atomic E-state index is -0.784. The fraction of sp³-hybridized carbons (Fsp3) is 0.267. The maximum atomic E-state index is 13.7. The van der Waals surface area contributed by atoms with Gasteiger partial charge in [-0.15, -0.1) is 0 Å². The molecule has 1 aromatic carbocycles. The van der Waals surface area contributed by atoms with Crippen LogP contribution in [0.4, 0.5) is 10.1 Å². The molecule has 21 heavy (non-hydrogen) atoms. The Balaban J connectivity index is 3.01. The van der Waals surface area contributed by atoms with E-state index in [1.54, 1.807) is 32.9 Å². The molecule has 0 heterocycles. The molecule has 0 saturated carbocycles. The third-order valence-electron chi connectivity index (χ3n) is 2.21. The minimum Gasteiger partial charge on any atom is -0.456 e. The van der Waals surface area contributed by atoms with Crippen LogP contribution in [-0.4, -0.2) is 11.6 Å². The van der Waals surface area contributed by atoms with Gasteiger partial charge in [0.25, 0.3) is 0 Å². The minimum absolute atomic E-state index is 0.141. The Bertz CT molecular complexity index is 645. The van der Waals surface area contributed by atoms with Crippen LogP contribution >= 0.6 is 0 Å². The number of esters is 1. The lowest BCUT2D eigenvalue weighted by molar-refractivity contribution is 0.00648. The van der Waals surface area contributed by atoms with Gasteiger partial charge in [-0.05, 0) is 39.0 Å². The van der Waals surface area contributed by atoms with Gasteiger partial charge in [0.2, 0.25) is 0 Å². The number of nitrogens with zero attached hydrogens (tertiary/aromatic N) is 2. The predicted molar refractivity (Wildman–Crippen MR) is 74.5 cm³/mol. The number of hydrogen-bond acceptors (Lipinski definition) is 5. The molecule has 6 heteroatoms. The molecule has 108 valence electrons. The summed E-state index contributed by atoms with van der Waals surface area (Å²) in [6.07, 6.45) is 1.17. The highest BCUT2D eigenvalue weighted by Gasteiger charge is 2.20. The molecule has 0 amide bonds. The van der Waals surface area contributed by atoms with E-state index in [4.69, 9.17) is 15.3 Å². The molecule has 0 saturated heterocycles. The molecule has 0 spiro atoms. The van der Waals surface area contributed by atoms with Crippen molar-refractivity contribution in [1.82, 2.24) is 0 Å². The van der Waals surface area contributed by atoms with Gasteiger partial charge in [0.05, 0.1) is 5.56 Å². The molecule has 1 aromatic rings. The number of ether oxygens (including phenoxy) is 1. The average Bonchev–Trinajstić information content (AvgIpc) is 2.39. The maximum Gasteiger partial charge on any atom is 0.341 e. The summed E-state index contributed by atoms with van der Waals surface area (Å²) >= 11 is 0. The van der Waals surface area contributed by atoms with Crippen LogP contribution in [0.25, 0.3) is 0 Å². The van der Waals surface area contributed by atoms with E-state index in [2.05, 4.69) is 5.32 Å². The van der Waals surface area contributed by atoms with Crippen molar-refractivity contribution in [2.75, 3.05) is 5.32 Å². The van der Waals surface area contributed by atoms with E-state index in [1.807, 2.05) is 0 Å². The fourth-order valence-electron chi connectivity index (χ4n) is 1.35. The Morgan fingerprint density at radius 3 is 2.48 bits per heavy atom. The summed E-state index contributed by atoms with van der Waals surface area (Å²) in [6, 6.07) is 7.09. The number of anilines is 1. The number of carbonyl (C=O) groups excluding carboxylic acids is 1. The molecule has 0 aliphatic rings. The summed E-state index contributed by atoms with van der Waals surface area (Å²) in [7, 11) is 0. The molecule has 1 N–H and O–H groups in total. The molecular formula is C15H14FN3O2. The number of nitriles is 2. The van der Waals surface area contributed by atoms with E-state index < -0.39 is 17.4 Å². The lowest BCUT2D eigenvalue weighted by Crippen LogP contribution is -2.24. The first-order valence-electron chi connectivity index (χ1n) is 6.06. The molecule has 0 radical (unpaired) electrons. The number of hydrogen-bond donors (Lipinski definition) is 1. The number of nitrogens with one attached hydrogen (secondary N) is 1. The van der Waals surface area contributed by atoms with Crippen molar-refractivity contribution in [3.8, 4) is 12.1 Å². The third-order valence-corrected chi connectivity index (χ3v) is 2.21. The van der Waals surface area contributed by atoms with Crippen molar-refractivity contribution in [2.24, 2.45) is 0 Å². The van der Waals surface area contributed by atoms with E-state index >= 15 is 0 Å². The van der Waals surface area contributed by atoms with Gasteiger partial charge in [-0.1, -0.05) is 0 Å². The molecule has 0 atom stereocenters.